The van der Waals surface area contributed by atoms with E-state index in [2.05, 4.69) is 48.1 Å². The third-order valence-electron chi connectivity index (χ3n) is 5.92. The zero-order valence-corrected chi connectivity index (χ0v) is 18.2. The summed E-state index contributed by atoms with van der Waals surface area (Å²) < 4.78 is 0. The summed E-state index contributed by atoms with van der Waals surface area (Å²) in [6, 6.07) is 15.8. The Bertz CT molecular complexity index is 905. The second-order valence-corrected chi connectivity index (χ2v) is 8.10. The van der Waals surface area contributed by atoms with Gasteiger partial charge in [-0.3, -0.25) is 4.79 Å². The molecule has 2 aromatic rings. The largest absolute Gasteiger partial charge is 0.351 e. The van der Waals surface area contributed by atoms with E-state index in [1.165, 1.54) is 5.56 Å². The maximum absolute atomic E-state index is 13.2. The molecule has 3 N–H and O–H groups in total. The monoisotopic (exact) mass is 420 g/mol. The highest BCUT2D eigenvalue weighted by molar-refractivity contribution is 6.03. The molecule has 0 aromatic heterocycles. The first-order valence-electron chi connectivity index (χ1n) is 10.8. The first kappa shape index (κ1) is 22.6. The van der Waals surface area contributed by atoms with Gasteiger partial charge in [0.15, 0.2) is 0 Å². The van der Waals surface area contributed by atoms with Gasteiger partial charge in [-0.05, 0) is 56.0 Å². The van der Waals surface area contributed by atoms with Crippen LogP contribution in [-0.4, -0.2) is 54.5 Å². The molecular formula is C25H32N4O2. The number of nitrogens with one attached hydrogen (secondary N) is 1. The number of amides is 3. The van der Waals surface area contributed by atoms with Crippen LogP contribution in [0.1, 0.15) is 34.3 Å². The number of likely N-dealkylation sites (N-methyl/N-ethyl adjacent to an activating group) is 1. The molecule has 0 unspecified atom stereocenters. The molecule has 1 aliphatic heterocycles. The van der Waals surface area contributed by atoms with Crippen LogP contribution in [0.5, 0.6) is 0 Å². The predicted octanol–water partition coefficient (Wildman–Crippen LogP) is 3.68. The van der Waals surface area contributed by atoms with E-state index in [0.717, 1.165) is 31.4 Å². The number of urea groups is 1. The Morgan fingerprint density at radius 2 is 1.87 bits per heavy atom. The lowest BCUT2D eigenvalue weighted by atomic mass is 10.0. The predicted molar refractivity (Wildman–Crippen MR) is 125 cm³/mol. The summed E-state index contributed by atoms with van der Waals surface area (Å²) in [6.07, 6.45) is 5.33. The van der Waals surface area contributed by atoms with Crippen LogP contribution in [0, 0.1) is 0 Å². The van der Waals surface area contributed by atoms with Gasteiger partial charge in [0.25, 0.3) is 5.91 Å². The van der Waals surface area contributed by atoms with Crippen molar-refractivity contribution in [2.24, 2.45) is 5.73 Å². The number of hydrogen-bond donors (Lipinski definition) is 2. The van der Waals surface area contributed by atoms with Gasteiger partial charge in [0, 0.05) is 25.7 Å². The summed E-state index contributed by atoms with van der Waals surface area (Å²) in [6.45, 7) is 6.13. The first-order valence-corrected chi connectivity index (χ1v) is 10.8. The molecule has 0 aliphatic carbocycles. The van der Waals surface area contributed by atoms with Gasteiger partial charge in [0.1, 0.15) is 0 Å². The number of rotatable bonds is 8. The molecule has 0 bridgehead atoms. The molecule has 1 fully saturated rings. The Hall–Kier alpha value is -3.12. The average molecular weight is 421 g/mol. The van der Waals surface area contributed by atoms with Crippen molar-refractivity contribution in [3.8, 4) is 0 Å². The minimum Gasteiger partial charge on any atom is -0.351 e. The van der Waals surface area contributed by atoms with Gasteiger partial charge >= 0.3 is 6.03 Å². The van der Waals surface area contributed by atoms with Gasteiger partial charge in [-0.1, -0.05) is 42.5 Å². The molecule has 0 saturated carbocycles. The number of likely N-dealkylation sites (tertiary alicyclic amines) is 1. The Morgan fingerprint density at radius 1 is 1.16 bits per heavy atom. The Labute approximate surface area is 184 Å². The Morgan fingerprint density at radius 3 is 2.52 bits per heavy atom. The van der Waals surface area contributed by atoms with Crippen molar-refractivity contribution >= 4 is 17.6 Å². The quantitative estimate of drug-likeness (QED) is 0.640. The number of hydrogen-bond acceptors (Lipinski definition) is 3. The fourth-order valence-corrected chi connectivity index (χ4v) is 4.12. The normalized spacial score (nSPS) is 14.5. The van der Waals surface area contributed by atoms with Gasteiger partial charge in [0.2, 0.25) is 0 Å². The zero-order valence-electron chi connectivity index (χ0n) is 18.2. The van der Waals surface area contributed by atoms with E-state index in [1.54, 1.807) is 18.2 Å². The van der Waals surface area contributed by atoms with Crippen molar-refractivity contribution in [3.63, 3.8) is 0 Å². The molecule has 1 heterocycles. The molecule has 0 atom stereocenters. The topological polar surface area (TPSA) is 78.7 Å². The Balaban J connectivity index is 1.59. The highest BCUT2D eigenvalue weighted by atomic mass is 16.2. The van der Waals surface area contributed by atoms with Crippen LogP contribution < -0.4 is 11.1 Å². The SMILES string of the molecule is C=CCc1ccc(C(=O)N2CCC(N(C)CCc3ccccc3)CC2)c(NC(N)=O)c1. The van der Waals surface area contributed by atoms with Gasteiger partial charge < -0.3 is 20.9 Å². The van der Waals surface area contributed by atoms with Crippen molar-refractivity contribution < 1.29 is 9.59 Å². The average Bonchev–Trinajstić information content (AvgIpc) is 2.78. The number of carbonyl (C=O) groups is 2. The smallest absolute Gasteiger partial charge is 0.316 e. The molecule has 164 valence electrons. The molecule has 3 rings (SSSR count). The van der Waals surface area contributed by atoms with Crippen LogP contribution in [0.25, 0.3) is 0 Å². The lowest BCUT2D eigenvalue weighted by Gasteiger charge is -2.37. The van der Waals surface area contributed by atoms with Crippen molar-refractivity contribution in [3.05, 3.63) is 77.9 Å². The molecule has 1 saturated heterocycles. The minimum atomic E-state index is -0.677. The van der Waals surface area contributed by atoms with Crippen molar-refractivity contribution in [1.29, 1.82) is 0 Å². The molecule has 0 radical (unpaired) electrons. The van der Waals surface area contributed by atoms with Gasteiger partial charge in [0.05, 0.1) is 11.3 Å². The van der Waals surface area contributed by atoms with Crippen LogP contribution >= 0.6 is 0 Å². The number of carbonyl (C=O) groups excluding carboxylic acids is 2. The Kier molecular flexibility index (Phi) is 7.84. The second kappa shape index (κ2) is 10.8. The summed E-state index contributed by atoms with van der Waals surface area (Å²) in [5.41, 5.74) is 8.56. The highest BCUT2D eigenvalue weighted by Gasteiger charge is 2.27. The van der Waals surface area contributed by atoms with Gasteiger partial charge in [-0.15, -0.1) is 6.58 Å². The molecule has 3 amide bonds. The number of nitrogens with two attached hydrogens (primary N) is 1. The van der Waals surface area contributed by atoms with E-state index in [-0.39, 0.29) is 5.91 Å². The van der Waals surface area contributed by atoms with Crippen molar-refractivity contribution in [2.75, 3.05) is 32.0 Å². The summed E-state index contributed by atoms with van der Waals surface area (Å²) in [5, 5.41) is 2.60. The summed E-state index contributed by atoms with van der Waals surface area (Å²) in [5.74, 6) is -0.0701. The number of piperidine rings is 1. The molecule has 31 heavy (non-hydrogen) atoms. The van der Waals surface area contributed by atoms with E-state index < -0.39 is 6.03 Å². The first-order chi connectivity index (χ1) is 15.0. The van der Waals surface area contributed by atoms with E-state index in [1.807, 2.05) is 17.0 Å². The third-order valence-corrected chi connectivity index (χ3v) is 5.92. The fraction of sp³-hybridized carbons (Fsp3) is 0.360. The van der Waals surface area contributed by atoms with E-state index in [9.17, 15) is 9.59 Å². The number of primary amides is 1. The van der Waals surface area contributed by atoms with Gasteiger partial charge in [-0.25, -0.2) is 4.79 Å². The summed E-state index contributed by atoms with van der Waals surface area (Å²) in [7, 11) is 2.16. The number of nitrogens with zero attached hydrogens (tertiary/aromatic N) is 2. The molecule has 6 nitrogen and oxygen atoms in total. The summed E-state index contributed by atoms with van der Waals surface area (Å²) >= 11 is 0. The molecule has 1 aliphatic rings. The third kappa shape index (κ3) is 6.18. The number of anilines is 1. The highest BCUT2D eigenvalue weighted by Crippen LogP contribution is 2.23. The van der Waals surface area contributed by atoms with Crippen LogP contribution in [0.3, 0.4) is 0 Å². The second-order valence-electron chi connectivity index (χ2n) is 8.10. The molecule has 6 heteroatoms. The number of benzene rings is 2. The standard InChI is InChI=1S/C25H32N4O2/c1-3-7-20-10-11-22(23(18-20)27-25(26)31)24(30)29-16-13-21(14-17-29)28(2)15-12-19-8-5-4-6-9-19/h3-6,8-11,18,21H,1,7,12-17H2,2H3,(H3,26,27,31). The van der Waals surface area contributed by atoms with Crippen LogP contribution in [-0.2, 0) is 12.8 Å². The lowest BCUT2D eigenvalue weighted by molar-refractivity contribution is 0.0648. The van der Waals surface area contributed by atoms with E-state index >= 15 is 0 Å². The fourth-order valence-electron chi connectivity index (χ4n) is 4.12. The zero-order chi connectivity index (χ0) is 22.2. The van der Waals surface area contributed by atoms with E-state index in [4.69, 9.17) is 5.73 Å². The molecule has 2 aromatic carbocycles. The van der Waals surface area contributed by atoms with Crippen LogP contribution in [0.4, 0.5) is 10.5 Å². The van der Waals surface area contributed by atoms with Crippen LogP contribution in [0.2, 0.25) is 0 Å². The van der Waals surface area contributed by atoms with Gasteiger partial charge in [-0.2, -0.15) is 0 Å². The van der Waals surface area contributed by atoms with Crippen molar-refractivity contribution in [1.82, 2.24) is 9.80 Å². The van der Waals surface area contributed by atoms with Crippen LogP contribution in [0.15, 0.2) is 61.2 Å². The maximum atomic E-state index is 13.2. The van der Waals surface area contributed by atoms with E-state index in [0.29, 0.717) is 36.8 Å². The molecule has 0 spiro atoms. The number of allylic oxidation sites excluding steroid dienone is 1. The van der Waals surface area contributed by atoms with Crippen molar-refractivity contribution in [2.45, 2.75) is 31.7 Å². The summed E-state index contributed by atoms with van der Waals surface area (Å²) in [4.78, 5) is 28.9. The maximum Gasteiger partial charge on any atom is 0.316 e. The lowest BCUT2D eigenvalue weighted by Crippen LogP contribution is -2.46. The minimum absolute atomic E-state index is 0.0701. The molecular weight excluding hydrogens is 388 g/mol.